The minimum absolute atomic E-state index is 0.655. The topological polar surface area (TPSA) is 0 Å². The van der Waals surface area contributed by atoms with Crippen LogP contribution in [0.3, 0.4) is 0 Å². The fraction of sp³-hybridized carbons (Fsp3) is 0. The zero-order chi connectivity index (χ0) is 43.8. The van der Waals surface area contributed by atoms with Crippen molar-refractivity contribution in [1.82, 2.24) is 0 Å². The highest BCUT2D eigenvalue weighted by molar-refractivity contribution is 6.61. The van der Waals surface area contributed by atoms with E-state index in [1.807, 2.05) is 36.4 Å². The van der Waals surface area contributed by atoms with Crippen LogP contribution in [-0.4, -0.2) is 0 Å². The molecule has 0 spiro atoms. The third-order valence-corrected chi connectivity index (χ3v) is 17.0. The maximum Gasteiger partial charge on any atom is 0.0491 e. The van der Waals surface area contributed by atoms with Crippen molar-refractivity contribution >= 4 is 231 Å². The van der Waals surface area contributed by atoms with Crippen molar-refractivity contribution < 1.29 is 0 Å². The van der Waals surface area contributed by atoms with E-state index in [9.17, 15) is 0 Å². The summed E-state index contributed by atoms with van der Waals surface area (Å²) < 4.78 is 0. The second-order valence-electron chi connectivity index (χ2n) is 18.1. The van der Waals surface area contributed by atoms with Crippen molar-refractivity contribution in [1.29, 1.82) is 0 Å². The number of rotatable bonds is 0. The third kappa shape index (κ3) is 4.26. The molecule has 0 bridgehead atoms. The van der Waals surface area contributed by atoms with Crippen LogP contribution < -0.4 is 0 Å². The second-order valence-corrected chi connectivity index (χ2v) is 20.5. The van der Waals surface area contributed by atoms with Crippen molar-refractivity contribution in [3.05, 3.63) is 176 Å². The van der Waals surface area contributed by atoms with Crippen LogP contribution in [-0.2, 0) is 0 Å². The Hall–Kier alpha value is -6.06. The lowest BCUT2D eigenvalue weighted by atomic mass is 9.93. The van der Waals surface area contributed by atoms with E-state index in [-0.39, 0.29) is 0 Å². The Labute approximate surface area is 403 Å². The molecule has 0 amide bonds. The zero-order valence-electron chi connectivity index (χ0n) is 34.1. The monoisotopic (exact) mass is 954 g/mol. The van der Waals surface area contributed by atoms with Gasteiger partial charge < -0.3 is 0 Å². The van der Waals surface area contributed by atoms with E-state index in [1.54, 1.807) is 0 Å². The summed E-state index contributed by atoms with van der Waals surface area (Å²) in [4.78, 5) is 0. The molecule has 0 fully saturated rings. The molecule has 0 atom stereocenters. The Bertz CT molecular complexity index is 4460. The van der Waals surface area contributed by atoms with Gasteiger partial charge >= 0.3 is 0 Å². The van der Waals surface area contributed by atoms with Crippen LogP contribution in [0.4, 0.5) is 0 Å². The van der Waals surface area contributed by atoms with Crippen LogP contribution in [0.1, 0.15) is 0 Å². The first-order chi connectivity index (χ1) is 32.3. The summed E-state index contributed by atoms with van der Waals surface area (Å²) in [6.07, 6.45) is 0. The van der Waals surface area contributed by atoms with Crippen molar-refractivity contribution in [3.8, 4) is 0 Å². The van der Waals surface area contributed by atoms with Gasteiger partial charge in [-0.25, -0.2) is 0 Å². The highest BCUT2D eigenvalue weighted by Gasteiger charge is 2.31. The molecule has 0 N–H and O–H groups in total. The molecule has 66 heavy (non-hydrogen) atoms. The average Bonchev–Trinajstić information content (AvgIpc) is 3.95. The lowest BCUT2D eigenvalue weighted by Crippen LogP contribution is -1.84. The molecule has 306 valence electrons. The number of fused-ring (bicyclic) bond motifs is 24. The SMILES string of the molecule is Clc1ccc(Cl)c2c1cc1c3c(cc4ccccc4c23)c2c1c1c3cc4ccccc4c4c5c(Cl)ccc(Cl)c5cc(c34)c1c1c3cc4ccccc4c4c5c(Cl)ccc(Cl)c5cc(c34)c21. The van der Waals surface area contributed by atoms with E-state index < -0.39 is 0 Å². The molecule has 6 heteroatoms. The van der Waals surface area contributed by atoms with Crippen LogP contribution in [0.15, 0.2) is 146 Å². The highest BCUT2D eigenvalue weighted by atomic mass is 35.5. The van der Waals surface area contributed by atoms with Gasteiger partial charge in [0, 0.05) is 78.6 Å². The van der Waals surface area contributed by atoms with Crippen LogP contribution in [0.5, 0.6) is 0 Å². The fourth-order valence-corrected chi connectivity index (χ4v) is 14.2. The molecule has 0 unspecified atom stereocenters. The van der Waals surface area contributed by atoms with Crippen LogP contribution in [0.25, 0.3) is 162 Å². The van der Waals surface area contributed by atoms with E-state index in [1.165, 1.54) is 48.5 Å². The molecular formula is C60H24Cl6. The van der Waals surface area contributed by atoms with Gasteiger partial charge in [-0.05, 0) is 186 Å². The molecule has 0 aliphatic heterocycles. The molecule has 0 radical (unpaired) electrons. The summed E-state index contributed by atoms with van der Waals surface area (Å²) in [6.45, 7) is 0. The molecule has 0 saturated heterocycles. The number of hydrogen-bond acceptors (Lipinski definition) is 0. The van der Waals surface area contributed by atoms with E-state index in [4.69, 9.17) is 69.6 Å². The van der Waals surface area contributed by atoms with Crippen LogP contribution in [0.2, 0.25) is 30.1 Å². The Kier molecular flexibility index (Phi) is 7.01. The summed E-state index contributed by atoms with van der Waals surface area (Å²) in [5.41, 5.74) is 0. The average molecular weight is 958 g/mol. The minimum Gasteiger partial charge on any atom is -0.0837 e. The third-order valence-electron chi connectivity index (χ3n) is 15.1. The first-order valence-corrected chi connectivity index (χ1v) is 24.1. The van der Waals surface area contributed by atoms with Gasteiger partial charge in [-0.2, -0.15) is 0 Å². The lowest BCUT2D eigenvalue weighted by Gasteiger charge is -2.12. The van der Waals surface area contributed by atoms with Crippen LogP contribution >= 0.6 is 69.6 Å². The number of benzene rings is 13. The maximum atomic E-state index is 7.32. The quantitative estimate of drug-likeness (QED) is 0.133. The Morgan fingerprint density at radius 3 is 0.682 bits per heavy atom. The molecule has 0 aliphatic rings. The van der Waals surface area contributed by atoms with Crippen molar-refractivity contribution in [2.75, 3.05) is 0 Å². The fourth-order valence-electron chi connectivity index (χ4n) is 12.7. The largest absolute Gasteiger partial charge is 0.0837 e. The van der Waals surface area contributed by atoms with Gasteiger partial charge in [-0.15, -0.1) is 0 Å². The van der Waals surface area contributed by atoms with E-state index >= 15 is 0 Å². The first kappa shape index (κ1) is 37.1. The molecular weight excluding hydrogens is 933 g/mol. The van der Waals surface area contributed by atoms with Crippen molar-refractivity contribution in [2.45, 2.75) is 0 Å². The van der Waals surface area contributed by atoms with E-state index in [2.05, 4.69) is 109 Å². The van der Waals surface area contributed by atoms with Gasteiger partial charge in [0.25, 0.3) is 0 Å². The maximum absolute atomic E-state index is 7.32. The minimum atomic E-state index is 0.655. The van der Waals surface area contributed by atoms with Gasteiger partial charge in [0.1, 0.15) is 0 Å². The molecule has 0 saturated carbocycles. The highest BCUT2D eigenvalue weighted by Crippen LogP contribution is 2.60. The predicted molar refractivity (Wildman–Crippen MR) is 293 cm³/mol. The first-order valence-electron chi connectivity index (χ1n) is 21.8. The molecule has 0 aromatic heterocycles. The molecule has 0 nitrogen and oxygen atoms in total. The lowest BCUT2D eigenvalue weighted by molar-refractivity contribution is 1.80. The number of hydrogen-bond donors (Lipinski definition) is 0. The summed E-state index contributed by atoms with van der Waals surface area (Å²) in [5, 5.41) is 37.1. The van der Waals surface area contributed by atoms with Gasteiger partial charge in [0.05, 0.1) is 0 Å². The molecule has 16 aromatic carbocycles. The molecule has 16 rings (SSSR count). The van der Waals surface area contributed by atoms with Crippen LogP contribution in [0, 0.1) is 0 Å². The number of halogens is 6. The van der Waals surface area contributed by atoms with Crippen molar-refractivity contribution in [2.24, 2.45) is 0 Å². The molecule has 0 aliphatic carbocycles. The predicted octanol–water partition coefficient (Wildman–Crippen LogP) is 21.2. The Balaban J connectivity index is 1.36. The standard InChI is InChI=1S/C60H24Cl6/c61-40-13-16-43(64)49-31(40)22-37-46-34(19-25-7-1-4-10-28(25)52(46)49)55-58(37)56-36-21-27-9-3-6-12-30(27)54-48(36)39(24-33-42(63)15-18-45(66)51(33)54)60(56)57-35-20-26-8-2-5-11-29(26)53-47(35)38(59(55)57)23-32-41(62)14-17-44(65)50(32)53/h1-24H. The van der Waals surface area contributed by atoms with Gasteiger partial charge in [-0.1, -0.05) is 142 Å². The summed E-state index contributed by atoms with van der Waals surface area (Å²) in [5.74, 6) is 0. The normalized spacial score (nSPS) is 13.0. The van der Waals surface area contributed by atoms with E-state index in [0.717, 1.165) is 113 Å². The summed E-state index contributed by atoms with van der Waals surface area (Å²) >= 11 is 43.9. The summed E-state index contributed by atoms with van der Waals surface area (Å²) in [6, 6.07) is 51.7. The van der Waals surface area contributed by atoms with Gasteiger partial charge in [0.2, 0.25) is 0 Å². The Morgan fingerprint density at radius 1 is 0.167 bits per heavy atom. The summed E-state index contributed by atoms with van der Waals surface area (Å²) in [7, 11) is 0. The van der Waals surface area contributed by atoms with Gasteiger partial charge in [-0.3, -0.25) is 0 Å². The van der Waals surface area contributed by atoms with Gasteiger partial charge in [0.15, 0.2) is 0 Å². The molecule has 0 heterocycles. The smallest absolute Gasteiger partial charge is 0.0491 e. The second kappa shape index (κ2) is 12.5. The zero-order valence-corrected chi connectivity index (χ0v) is 38.7. The Morgan fingerprint density at radius 2 is 0.394 bits per heavy atom. The van der Waals surface area contributed by atoms with E-state index in [0.29, 0.717) is 30.1 Å². The molecule has 16 aromatic rings. The van der Waals surface area contributed by atoms with Crippen molar-refractivity contribution in [3.63, 3.8) is 0 Å².